The van der Waals surface area contributed by atoms with E-state index >= 15 is 0 Å². The standard InChI is InChI=1S/C17H15F3N4O8S2/c18-17(19,20)16(29)32-14(22-12(25)9-6-7-10(33-9)13(26)23-21)11(15(27)28)24-34(30,31)8-4-2-1-3-5-8/h1-7,11,14,24H,21H2,(H,22,25)(H,23,26)(H,27,28)/t11-,14?/m0/s1. The highest BCUT2D eigenvalue weighted by Crippen LogP contribution is 2.20. The second-order valence-corrected chi connectivity index (χ2v) is 8.98. The van der Waals surface area contributed by atoms with Crippen LogP contribution in [0.15, 0.2) is 47.4 Å². The van der Waals surface area contributed by atoms with Gasteiger partial charge in [0.25, 0.3) is 11.8 Å². The molecule has 17 heteroatoms. The third kappa shape index (κ3) is 6.73. The number of nitrogen functional groups attached to an aromatic ring is 1. The van der Waals surface area contributed by atoms with Crippen LogP contribution in [0.1, 0.15) is 19.3 Å². The van der Waals surface area contributed by atoms with Crippen LogP contribution in [-0.4, -0.2) is 55.7 Å². The molecule has 0 bridgehead atoms. The smallest absolute Gasteiger partial charge is 0.480 e. The van der Waals surface area contributed by atoms with E-state index in [-0.39, 0.29) is 9.75 Å². The first-order chi connectivity index (χ1) is 15.8. The van der Waals surface area contributed by atoms with Gasteiger partial charge in [0.2, 0.25) is 16.3 Å². The number of ether oxygens (including phenoxy) is 1. The number of nitrogens with two attached hydrogens (primary N) is 1. The molecule has 0 saturated carbocycles. The highest BCUT2D eigenvalue weighted by atomic mass is 32.2. The van der Waals surface area contributed by atoms with Crippen molar-refractivity contribution in [1.29, 1.82) is 0 Å². The van der Waals surface area contributed by atoms with Gasteiger partial charge in [-0.3, -0.25) is 19.8 Å². The monoisotopic (exact) mass is 524 g/mol. The van der Waals surface area contributed by atoms with Crippen LogP contribution in [0.5, 0.6) is 0 Å². The Morgan fingerprint density at radius 2 is 1.56 bits per heavy atom. The first kappa shape index (κ1) is 26.7. The van der Waals surface area contributed by atoms with Gasteiger partial charge in [0, 0.05) is 0 Å². The maximum atomic E-state index is 12.7. The van der Waals surface area contributed by atoms with Gasteiger partial charge >= 0.3 is 18.1 Å². The van der Waals surface area contributed by atoms with E-state index in [9.17, 15) is 45.9 Å². The van der Waals surface area contributed by atoms with Gasteiger partial charge in [0.05, 0.1) is 14.6 Å². The Morgan fingerprint density at radius 3 is 2.06 bits per heavy atom. The fourth-order valence-electron chi connectivity index (χ4n) is 2.29. The Morgan fingerprint density at radius 1 is 1.00 bits per heavy atom. The van der Waals surface area contributed by atoms with E-state index in [2.05, 4.69) is 4.74 Å². The number of alkyl halides is 3. The maximum Gasteiger partial charge on any atom is 0.491 e. The molecule has 2 atom stereocenters. The molecular weight excluding hydrogens is 509 g/mol. The van der Waals surface area contributed by atoms with Gasteiger partial charge < -0.3 is 15.2 Å². The normalized spacial score (nSPS) is 13.4. The lowest BCUT2D eigenvalue weighted by molar-refractivity contribution is -0.207. The molecule has 0 fully saturated rings. The van der Waals surface area contributed by atoms with Gasteiger partial charge in [-0.05, 0) is 24.3 Å². The van der Waals surface area contributed by atoms with Gasteiger partial charge in [-0.2, -0.15) is 17.9 Å². The van der Waals surface area contributed by atoms with Crippen molar-refractivity contribution in [3.05, 3.63) is 52.2 Å². The number of nitrogens with one attached hydrogen (secondary N) is 3. The summed E-state index contributed by atoms with van der Waals surface area (Å²) in [6.45, 7) is 0. The average Bonchev–Trinajstić information content (AvgIpc) is 3.26. The van der Waals surface area contributed by atoms with E-state index in [1.165, 1.54) is 18.2 Å². The number of hydrazine groups is 1. The minimum Gasteiger partial charge on any atom is -0.480 e. The van der Waals surface area contributed by atoms with Crippen LogP contribution >= 0.6 is 11.3 Å². The number of amides is 2. The summed E-state index contributed by atoms with van der Waals surface area (Å²) < 4.78 is 68.9. The zero-order valence-corrected chi connectivity index (χ0v) is 18.2. The van der Waals surface area contributed by atoms with E-state index in [4.69, 9.17) is 5.84 Å². The Balaban J connectivity index is 2.39. The zero-order chi connectivity index (χ0) is 25.7. The first-order valence-corrected chi connectivity index (χ1v) is 11.1. The summed E-state index contributed by atoms with van der Waals surface area (Å²) in [6, 6.07) is 5.76. The van der Waals surface area contributed by atoms with Crippen LogP contribution in [0.2, 0.25) is 0 Å². The number of sulfonamides is 1. The Labute approximate surface area is 192 Å². The average molecular weight is 524 g/mol. The molecule has 34 heavy (non-hydrogen) atoms. The number of carbonyl (C=O) groups is 4. The molecule has 0 spiro atoms. The number of esters is 1. The summed E-state index contributed by atoms with van der Waals surface area (Å²) in [7, 11) is -4.65. The van der Waals surface area contributed by atoms with Crippen molar-refractivity contribution < 1.29 is 50.6 Å². The van der Waals surface area contributed by atoms with E-state index in [0.717, 1.165) is 24.3 Å². The van der Waals surface area contributed by atoms with Crippen molar-refractivity contribution >= 4 is 45.1 Å². The number of carboxylic acids is 1. The SMILES string of the molecule is NNC(=O)c1ccc(C(=O)NC(OC(=O)C(F)(F)F)[C@H](NS(=O)(=O)c2ccccc2)C(=O)O)s1. The quantitative estimate of drug-likeness (QED) is 0.0982. The number of rotatable bonds is 9. The predicted octanol–water partition coefficient (Wildman–Crippen LogP) is -0.0553. The lowest BCUT2D eigenvalue weighted by Gasteiger charge is -2.25. The zero-order valence-electron chi connectivity index (χ0n) is 16.5. The molecule has 6 N–H and O–H groups in total. The summed E-state index contributed by atoms with van der Waals surface area (Å²) >= 11 is 0.517. The molecule has 2 aromatic rings. The number of halogens is 3. The highest BCUT2D eigenvalue weighted by molar-refractivity contribution is 7.89. The molecule has 1 aromatic carbocycles. The minimum atomic E-state index is -5.60. The molecule has 1 heterocycles. The lowest BCUT2D eigenvalue weighted by atomic mass is 10.2. The molecule has 0 aliphatic rings. The van der Waals surface area contributed by atoms with Crippen LogP contribution in [0, 0.1) is 0 Å². The van der Waals surface area contributed by atoms with Crippen molar-refractivity contribution in [3.63, 3.8) is 0 Å². The third-order valence-electron chi connectivity index (χ3n) is 3.83. The van der Waals surface area contributed by atoms with Crippen LogP contribution < -0.4 is 21.3 Å². The lowest BCUT2D eigenvalue weighted by Crippen LogP contribution is -2.58. The van der Waals surface area contributed by atoms with Gasteiger partial charge in [0.15, 0.2) is 6.04 Å². The summed E-state index contributed by atoms with van der Waals surface area (Å²) in [5, 5.41) is 11.2. The molecule has 0 aliphatic carbocycles. The van der Waals surface area contributed by atoms with Crippen molar-refractivity contribution in [3.8, 4) is 0 Å². The van der Waals surface area contributed by atoms with Crippen molar-refractivity contribution in [2.75, 3.05) is 0 Å². The summed E-state index contributed by atoms with van der Waals surface area (Å²) in [4.78, 5) is 46.2. The Hall–Kier alpha value is -3.54. The third-order valence-corrected chi connectivity index (χ3v) is 6.37. The maximum absolute atomic E-state index is 12.7. The molecule has 1 unspecified atom stereocenters. The second kappa shape index (κ2) is 10.6. The number of thiophene rings is 1. The van der Waals surface area contributed by atoms with Gasteiger partial charge in [-0.25, -0.2) is 19.1 Å². The van der Waals surface area contributed by atoms with E-state index in [0.29, 0.717) is 11.3 Å². The number of carboxylic acid groups (broad SMARTS) is 1. The van der Waals surface area contributed by atoms with Crippen molar-refractivity contribution in [2.24, 2.45) is 5.84 Å². The number of hydrogen-bond acceptors (Lipinski definition) is 9. The van der Waals surface area contributed by atoms with Crippen molar-refractivity contribution in [2.45, 2.75) is 23.3 Å². The topological polar surface area (TPSA) is 194 Å². The molecular formula is C17H15F3N4O8S2. The van der Waals surface area contributed by atoms with Crippen LogP contribution in [0.25, 0.3) is 0 Å². The molecule has 0 aliphatic heterocycles. The van der Waals surface area contributed by atoms with E-state index in [1.807, 2.05) is 0 Å². The highest BCUT2D eigenvalue weighted by Gasteiger charge is 2.46. The summed E-state index contributed by atoms with van der Waals surface area (Å²) in [5.41, 5.74) is 1.78. The molecule has 0 saturated heterocycles. The van der Waals surface area contributed by atoms with Crippen LogP contribution in [0.4, 0.5) is 13.2 Å². The van der Waals surface area contributed by atoms with Crippen LogP contribution in [0.3, 0.4) is 0 Å². The first-order valence-electron chi connectivity index (χ1n) is 8.76. The van der Waals surface area contributed by atoms with Gasteiger partial charge in [-0.1, -0.05) is 18.2 Å². The fourth-order valence-corrected chi connectivity index (χ4v) is 4.32. The number of hydrogen-bond donors (Lipinski definition) is 5. The molecule has 0 radical (unpaired) electrons. The molecule has 2 amide bonds. The molecule has 1 aromatic heterocycles. The molecule has 184 valence electrons. The number of carbonyl (C=O) groups excluding carboxylic acids is 3. The predicted molar refractivity (Wildman–Crippen MR) is 108 cm³/mol. The number of aliphatic carboxylic acids is 1. The molecule has 12 nitrogen and oxygen atoms in total. The Kier molecular flexibility index (Phi) is 8.32. The van der Waals surface area contributed by atoms with Gasteiger partial charge in [-0.15, -0.1) is 11.3 Å². The summed E-state index contributed by atoms with van der Waals surface area (Å²) in [5.74, 6) is -2.08. The van der Waals surface area contributed by atoms with E-state index in [1.54, 1.807) is 15.5 Å². The fraction of sp³-hybridized carbons (Fsp3) is 0.176. The largest absolute Gasteiger partial charge is 0.491 e. The minimum absolute atomic E-state index is 0.0870. The molecule has 2 rings (SSSR count). The Bertz CT molecular complexity index is 1180. The number of benzene rings is 1. The van der Waals surface area contributed by atoms with Crippen molar-refractivity contribution in [1.82, 2.24) is 15.5 Å². The van der Waals surface area contributed by atoms with E-state index < -0.39 is 57.1 Å². The second-order valence-electron chi connectivity index (χ2n) is 6.18. The van der Waals surface area contributed by atoms with Gasteiger partial charge in [0.1, 0.15) is 0 Å². The summed E-state index contributed by atoms with van der Waals surface area (Å²) in [6.07, 6.45) is -8.24. The van der Waals surface area contributed by atoms with Crippen LogP contribution in [-0.2, 0) is 24.3 Å².